The van der Waals surface area contributed by atoms with Crippen molar-refractivity contribution in [2.45, 2.75) is 18.6 Å². The molecule has 20 heavy (non-hydrogen) atoms. The zero-order valence-corrected chi connectivity index (χ0v) is 12.7. The second-order valence-corrected chi connectivity index (χ2v) is 6.00. The van der Waals surface area contributed by atoms with E-state index >= 15 is 0 Å². The van der Waals surface area contributed by atoms with Crippen LogP contribution in [-0.4, -0.2) is 5.11 Å². The van der Waals surface area contributed by atoms with Crippen LogP contribution in [0.1, 0.15) is 29.8 Å². The minimum atomic E-state index is -0.683. The molecule has 1 aliphatic rings. The van der Waals surface area contributed by atoms with Crippen molar-refractivity contribution in [3.8, 4) is 5.75 Å². The van der Waals surface area contributed by atoms with Crippen LogP contribution in [0.2, 0.25) is 5.02 Å². The molecule has 0 radical (unpaired) electrons. The van der Waals surface area contributed by atoms with Crippen molar-refractivity contribution in [2.75, 3.05) is 0 Å². The third-order valence-electron chi connectivity index (χ3n) is 3.34. The van der Waals surface area contributed by atoms with E-state index < -0.39 is 12.2 Å². The molecule has 1 N–H and O–H groups in total. The fraction of sp³-hybridized carbons (Fsp3) is 0.200. The van der Waals surface area contributed by atoms with Crippen LogP contribution in [-0.2, 0) is 0 Å². The first-order valence-electron chi connectivity index (χ1n) is 6.13. The summed E-state index contributed by atoms with van der Waals surface area (Å²) >= 11 is 9.31. The summed E-state index contributed by atoms with van der Waals surface area (Å²) in [6, 6.07) is 9.55. The van der Waals surface area contributed by atoms with Crippen molar-refractivity contribution >= 4 is 27.5 Å². The van der Waals surface area contributed by atoms with Crippen molar-refractivity contribution in [2.24, 2.45) is 0 Å². The third kappa shape index (κ3) is 2.55. The predicted molar refractivity (Wildman–Crippen MR) is 78.5 cm³/mol. The summed E-state index contributed by atoms with van der Waals surface area (Å²) in [5.41, 5.74) is 1.35. The van der Waals surface area contributed by atoms with E-state index in [0.29, 0.717) is 28.3 Å². The van der Waals surface area contributed by atoms with Crippen LogP contribution in [0.25, 0.3) is 0 Å². The summed E-state index contributed by atoms with van der Waals surface area (Å²) in [5, 5.41) is 10.8. The lowest BCUT2D eigenvalue weighted by molar-refractivity contribution is 0.0653. The molecule has 0 fully saturated rings. The maximum Gasteiger partial charge on any atom is 0.128 e. The summed E-state index contributed by atoms with van der Waals surface area (Å²) in [6.07, 6.45) is -0.726. The van der Waals surface area contributed by atoms with Crippen molar-refractivity contribution in [1.29, 1.82) is 0 Å². The number of aliphatic hydroxyl groups is 1. The Hall–Kier alpha value is -1.10. The fourth-order valence-electron chi connectivity index (χ4n) is 2.37. The molecular weight excluding hydrogens is 347 g/mol. The van der Waals surface area contributed by atoms with Gasteiger partial charge in [0, 0.05) is 27.0 Å². The summed E-state index contributed by atoms with van der Waals surface area (Å²) in [7, 11) is 0. The van der Waals surface area contributed by atoms with Crippen LogP contribution in [0.15, 0.2) is 40.9 Å². The normalized spacial score (nSPS) is 21.2. The number of ether oxygens (including phenoxy) is 1. The van der Waals surface area contributed by atoms with Gasteiger partial charge in [-0.1, -0.05) is 27.5 Å². The topological polar surface area (TPSA) is 29.5 Å². The Morgan fingerprint density at radius 1 is 1.20 bits per heavy atom. The van der Waals surface area contributed by atoms with Crippen LogP contribution in [0, 0.1) is 5.82 Å². The van der Waals surface area contributed by atoms with E-state index in [1.807, 2.05) is 0 Å². The molecule has 0 spiro atoms. The third-order valence-corrected chi connectivity index (χ3v) is 4.30. The summed E-state index contributed by atoms with van der Waals surface area (Å²) < 4.78 is 20.0. The van der Waals surface area contributed by atoms with Crippen molar-refractivity contribution in [3.05, 3.63) is 62.8 Å². The van der Waals surface area contributed by atoms with Gasteiger partial charge in [-0.25, -0.2) is 4.39 Å². The van der Waals surface area contributed by atoms with E-state index in [4.69, 9.17) is 16.3 Å². The lowest BCUT2D eigenvalue weighted by Crippen LogP contribution is -2.19. The Kier molecular flexibility index (Phi) is 3.71. The van der Waals surface area contributed by atoms with Gasteiger partial charge < -0.3 is 9.84 Å². The molecule has 1 heterocycles. The molecule has 0 aromatic heterocycles. The van der Waals surface area contributed by atoms with Crippen LogP contribution in [0.4, 0.5) is 4.39 Å². The van der Waals surface area contributed by atoms with E-state index in [0.717, 1.165) is 4.47 Å². The molecule has 0 amide bonds. The Morgan fingerprint density at radius 3 is 2.80 bits per heavy atom. The highest BCUT2D eigenvalue weighted by atomic mass is 79.9. The second kappa shape index (κ2) is 5.35. The standard InChI is InChI=1S/C15H11BrClFO2/c16-12-3-2-9(18)6-10(12)15-7-13(19)11-5-8(17)1-4-14(11)20-15/h1-6,13,15,19H,7H2/t13-,15?/m1/s1. The van der Waals surface area contributed by atoms with Gasteiger partial charge in [0.15, 0.2) is 0 Å². The average molecular weight is 358 g/mol. The quantitative estimate of drug-likeness (QED) is 0.794. The molecule has 0 bridgehead atoms. The van der Waals surface area contributed by atoms with Crippen molar-refractivity contribution in [3.63, 3.8) is 0 Å². The average Bonchev–Trinajstić information content (AvgIpc) is 2.42. The Morgan fingerprint density at radius 2 is 2.00 bits per heavy atom. The van der Waals surface area contributed by atoms with Gasteiger partial charge in [0.1, 0.15) is 17.7 Å². The van der Waals surface area contributed by atoms with Crippen LogP contribution < -0.4 is 4.74 Å². The molecule has 0 saturated heterocycles. The van der Waals surface area contributed by atoms with E-state index in [-0.39, 0.29) is 5.82 Å². The van der Waals surface area contributed by atoms with Gasteiger partial charge in [-0.05, 0) is 36.4 Å². The lowest BCUT2D eigenvalue weighted by Gasteiger charge is -2.30. The Bertz CT molecular complexity index is 662. The van der Waals surface area contributed by atoms with E-state index in [1.165, 1.54) is 12.1 Å². The molecule has 2 aromatic rings. The monoisotopic (exact) mass is 356 g/mol. The molecule has 5 heteroatoms. The number of aliphatic hydroxyl groups excluding tert-OH is 1. The smallest absolute Gasteiger partial charge is 0.128 e. The number of halogens is 3. The lowest BCUT2D eigenvalue weighted by atomic mass is 9.95. The molecule has 1 aliphatic heterocycles. The largest absolute Gasteiger partial charge is 0.485 e. The SMILES string of the molecule is O[C@@H]1CC(c2cc(F)ccc2Br)Oc2ccc(Cl)cc21. The zero-order chi connectivity index (χ0) is 14.3. The minimum absolute atomic E-state index is 0.330. The molecule has 1 unspecified atom stereocenters. The summed E-state index contributed by atoms with van der Waals surface area (Å²) in [6.45, 7) is 0. The van der Waals surface area contributed by atoms with Gasteiger partial charge in [0.05, 0.1) is 6.10 Å². The minimum Gasteiger partial charge on any atom is -0.485 e. The summed E-state index contributed by atoms with van der Waals surface area (Å²) in [5.74, 6) is 0.248. The Labute approximate surface area is 129 Å². The van der Waals surface area contributed by atoms with E-state index in [1.54, 1.807) is 24.3 Å². The van der Waals surface area contributed by atoms with Crippen molar-refractivity contribution in [1.82, 2.24) is 0 Å². The van der Waals surface area contributed by atoms with E-state index in [9.17, 15) is 9.50 Å². The van der Waals surface area contributed by atoms with Crippen molar-refractivity contribution < 1.29 is 14.2 Å². The molecular formula is C15H11BrClFO2. The zero-order valence-electron chi connectivity index (χ0n) is 10.3. The fourth-order valence-corrected chi connectivity index (χ4v) is 3.05. The highest BCUT2D eigenvalue weighted by Gasteiger charge is 2.29. The molecule has 0 aliphatic carbocycles. The molecule has 0 saturated carbocycles. The maximum absolute atomic E-state index is 13.4. The predicted octanol–water partition coefficient (Wildman–Crippen LogP) is 4.80. The number of fused-ring (bicyclic) bond motifs is 1. The number of benzene rings is 2. The van der Waals surface area contributed by atoms with Gasteiger partial charge in [-0.3, -0.25) is 0 Å². The number of hydrogen-bond acceptors (Lipinski definition) is 2. The highest BCUT2D eigenvalue weighted by molar-refractivity contribution is 9.10. The van der Waals surface area contributed by atoms with Crippen LogP contribution >= 0.6 is 27.5 Å². The molecule has 3 rings (SSSR count). The van der Waals surface area contributed by atoms with Crippen LogP contribution in [0.3, 0.4) is 0 Å². The molecule has 104 valence electrons. The van der Waals surface area contributed by atoms with Gasteiger partial charge in [0.2, 0.25) is 0 Å². The molecule has 2 atom stereocenters. The number of rotatable bonds is 1. The number of hydrogen-bond donors (Lipinski definition) is 1. The first kappa shape index (κ1) is 13.9. The highest BCUT2D eigenvalue weighted by Crippen LogP contribution is 2.43. The van der Waals surface area contributed by atoms with Gasteiger partial charge in [-0.2, -0.15) is 0 Å². The molecule has 2 nitrogen and oxygen atoms in total. The first-order valence-corrected chi connectivity index (χ1v) is 7.31. The van der Waals surface area contributed by atoms with Crippen LogP contribution in [0.5, 0.6) is 5.75 Å². The van der Waals surface area contributed by atoms with E-state index in [2.05, 4.69) is 15.9 Å². The van der Waals surface area contributed by atoms with Gasteiger partial charge >= 0.3 is 0 Å². The maximum atomic E-state index is 13.4. The molecule has 2 aromatic carbocycles. The van der Waals surface area contributed by atoms with Gasteiger partial charge in [-0.15, -0.1) is 0 Å². The second-order valence-electron chi connectivity index (χ2n) is 4.71. The summed E-state index contributed by atoms with van der Waals surface area (Å²) in [4.78, 5) is 0. The first-order chi connectivity index (χ1) is 9.54. The van der Waals surface area contributed by atoms with Gasteiger partial charge in [0.25, 0.3) is 0 Å². The Balaban J connectivity index is 1.99.